The molecule has 1 unspecified atom stereocenters. The van der Waals surface area contributed by atoms with Gasteiger partial charge in [-0.3, -0.25) is 4.79 Å². The van der Waals surface area contributed by atoms with Gasteiger partial charge in [0, 0.05) is 6.42 Å². The summed E-state index contributed by atoms with van der Waals surface area (Å²) >= 11 is 0. The highest BCUT2D eigenvalue weighted by Crippen LogP contribution is 2.15. The third-order valence-corrected chi connectivity index (χ3v) is 1.83. The van der Waals surface area contributed by atoms with E-state index in [1.807, 2.05) is 18.2 Å². The summed E-state index contributed by atoms with van der Waals surface area (Å²) in [5.41, 5.74) is 0.749. The Bertz CT molecular complexity index is 357. The molecule has 1 N–H and O–H groups in total. The largest absolute Gasteiger partial charge is 0.388 e. The van der Waals surface area contributed by atoms with Crippen LogP contribution in [0.4, 0.5) is 0 Å². The molecule has 0 heterocycles. The molecule has 0 bridgehead atoms. The molecule has 0 saturated carbocycles. The molecule has 1 atom stereocenters. The Kier molecular flexibility index (Phi) is 3.90. The lowest BCUT2D eigenvalue weighted by molar-refractivity contribution is -0.115. The molecule has 0 saturated heterocycles. The molecule has 2 heteroatoms. The van der Waals surface area contributed by atoms with Gasteiger partial charge in [-0.25, -0.2) is 0 Å². The van der Waals surface area contributed by atoms with E-state index in [2.05, 4.69) is 11.8 Å². The van der Waals surface area contributed by atoms with E-state index in [0.29, 0.717) is 0 Å². The fourth-order valence-electron chi connectivity index (χ4n) is 1.16. The second kappa shape index (κ2) is 5.21. The zero-order valence-electron chi connectivity index (χ0n) is 8.03. The Morgan fingerprint density at radius 1 is 1.43 bits per heavy atom. The van der Waals surface area contributed by atoms with Gasteiger partial charge in [0.1, 0.15) is 0 Å². The molecule has 0 spiro atoms. The standard InChI is InChI=1S/C12H12O2/c1-2-6-11(13)9-12(14)10-7-4-3-5-8-10/h3-5,7-8,12,14H,9H2,1H3. The first-order valence-electron chi connectivity index (χ1n) is 4.42. The van der Waals surface area contributed by atoms with Gasteiger partial charge >= 0.3 is 0 Å². The van der Waals surface area contributed by atoms with Crippen LogP contribution in [0.1, 0.15) is 25.0 Å². The van der Waals surface area contributed by atoms with Crippen molar-refractivity contribution in [2.24, 2.45) is 0 Å². The average molecular weight is 188 g/mol. The van der Waals surface area contributed by atoms with Crippen molar-refractivity contribution < 1.29 is 9.90 Å². The number of ketones is 1. The monoisotopic (exact) mass is 188 g/mol. The van der Waals surface area contributed by atoms with Crippen LogP contribution in [0.25, 0.3) is 0 Å². The summed E-state index contributed by atoms with van der Waals surface area (Å²) in [4.78, 5) is 11.1. The van der Waals surface area contributed by atoms with Crippen LogP contribution in [-0.4, -0.2) is 10.9 Å². The number of carbonyl (C=O) groups is 1. The van der Waals surface area contributed by atoms with E-state index < -0.39 is 6.10 Å². The summed E-state index contributed by atoms with van der Waals surface area (Å²) in [5, 5.41) is 9.63. The molecule has 1 aromatic carbocycles. The first kappa shape index (κ1) is 10.5. The predicted octanol–water partition coefficient (Wildman–Crippen LogP) is 1.70. The number of hydrogen-bond acceptors (Lipinski definition) is 2. The Morgan fingerprint density at radius 2 is 2.07 bits per heavy atom. The second-order valence-electron chi connectivity index (χ2n) is 2.93. The quantitative estimate of drug-likeness (QED) is 0.579. The SMILES string of the molecule is CC#CC(=O)CC(O)c1ccccc1. The normalized spacial score (nSPS) is 11.3. The van der Waals surface area contributed by atoms with E-state index in [1.54, 1.807) is 19.1 Å². The second-order valence-corrected chi connectivity index (χ2v) is 2.93. The van der Waals surface area contributed by atoms with Gasteiger partial charge in [-0.15, -0.1) is 0 Å². The molecule has 0 fully saturated rings. The molecule has 0 aliphatic heterocycles. The van der Waals surface area contributed by atoms with E-state index in [4.69, 9.17) is 0 Å². The molecule has 0 aliphatic rings. The Morgan fingerprint density at radius 3 is 2.64 bits per heavy atom. The minimum absolute atomic E-state index is 0.0604. The smallest absolute Gasteiger partial charge is 0.208 e. The summed E-state index contributed by atoms with van der Waals surface area (Å²) in [5.74, 6) is 4.68. The summed E-state index contributed by atoms with van der Waals surface area (Å²) in [6.45, 7) is 1.60. The van der Waals surface area contributed by atoms with Crippen LogP contribution in [-0.2, 0) is 4.79 Å². The molecule has 72 valence electrons. The van der Waals surface area contributed by atoms with Crippen molar-refractivity contribution in [1.82, 2.24) is 0 Å². The van der Waals surface area contributed by atoms with Crippen LogP contribution < -0.4 is 0 Å². The lowest BCUT2D eigenvalue weighted by Crippen LogP contribution is -2.04. The highest BCUT2D eigenvalue weighted by atomic mass is 16.3. The van der Waals surface area contributed by atoms with E-state index in [1.165, 1.54) is 0 Å². The third kappa shape index (κ3) is 3.04. The number of Topliss-reactive ketones (excluding diaryl/α,β-unsaturated/α-hetero) is 1. The zero-order valence-corrected chi connectivity index (χ0v) is 8.03. The average Bonchev–Trinajstić information content (AvgIpc) is 2.19. The van der Waals surface area contributed by atoms with Crippen molar-refractivity contribution in [3.63, 3.8) is 0 Å². The Balaban J connectivity index is 2.62. The molecule has 0 aromatic heterocycles. The lowest BCUT2D eigenvalue weighted by atomic mass is 10.0. The van der Waals surface area contributed by atoms with Gasteiger partial charge in [-0.1, -0.05) is 36.3 Å². The summed E-state index contributed by atoms with van der Waals surface area (Å²) in [6, 6.07) is 9.10. The molecule has 14 heavy (non-hydrogen) atoms. The van der Waals surface area contributed by atoms with Crippen molar-refractivity contribution in [2.75, 3.05) is 0 Å². The predicted molar refractivity (Wildman–Crippen MR) is 54.5 cm³/mol. The number of aliphatic hydroxyl groups excluding tert-OH is 1. The molecule has 1 aromatic rings. The highest BCUT2D eigenvalue weighted by Gasteiger charge is 2.10. The van der Waals surface area contributed by atoms with E-state index >= 15 is 0 Å². The minimum Gasteiger partial charge on any atom is -0.388 e. The van der Waals surface area contributed by atoms with Crippen molar-refractivity contribution in [2.45, 2.75) is 19.4 Å². The van der Waals surface area contributed by atoms with Gasteiger partial charge in [-0.2, -0.15) is 0 Å². The molecule has 0 aliphatic carbocycles. The van der Waals surface area contributed by atoms with Gasteiger partial charge in [0.05, 0.1) is 6.10 Å². The minimum atomic E-state index is -0.746. The maximum Gasteiger partial charge on any atom is 0.208 e. The van der Waals surface area contributed by atoms with Crippen molar-refractivity contribution in [1.29, 1.82) is 0 Å². The molecular formula is C12H12O2. The summed E-state index contributed by atoms with van der Waals surface area (Å²) < 4.78 is 0. The topological polar surface area (TPSA) is 37.3 Å². The zero-order chi connectivity index (χ0) is 10.4. The van der Waals surface area contributed by atoms with Gasteiger partial charge < -0.3 is 5.11 Å². The number of benzene rings is 1. The molecule has 0 amide bonds. The molecule has 2 nitrogen and oxygen atoms in total. The summed E-state index contributed by atoms with van der Waals surface area (Å²) in [7, 11) is 0. The van der Waals surface area contributed by atoms with Gasteiger partial charge in [0.2, 0.25) is 5.78 Å². The van der Waals surface area contributed by atoms with Crippen LogP contribution in [0, 0.1) is 11.8 Å². The Hall–Kier alpha value is -1.59. The first-order valence-corrected chi connectivity index (χ1v) is 4.42. The van der Waals surface area contributed by atoms with Crippen molar-refractivity contribution >= 4 is 5.78 Å². The van der Waals surface area contributed by atoms with Crippen molar-refractivity contribution in [3.05, 3.63) is 35.9 Å². The fourth-order valence-corrected chi connectivity index (χ4v) is 1.16. The molecule has 0 radical (unpaired) electrons. The number of aliphatic hydroxyl groups is 1. The van der Waals surface area contributed by atoms with Gasteiger partial charge in [0.25, 0.3) is 0 Å². The first-order chi connectivity index (χ1) is 6.74. The molecule has 1 rings (SSSR count). The van der Waals surface area contributed by atoms with Crippen LogP contribution in [0.15, 0.2) is 30.3 Å². The third-order valence-electron chi connectivity index (χ3n) is 1.83. The molecular weight excluding hydrogens is 176 g/mol. The van der Waals surface area contributed by atoms with Crippen LogP contribution >= 0.6 is 0 Å². The number of rotatable bonds is 3. The van der Waals surface area contributed by atoms with Crippen LogP contribution in [0.3, 0.4) is 0 Å². The summed E-state index contributed by atoms with van der Waals surface area (Å²) in [6.07, 6.45) is -0.685. The van der Waals surface area contributed by atoms with E-state index in [0.717, 1.165) is 5.56 Å². The maximum absolute atomic E-state index is 11.1. The Labute approximate surface area is 83.6 Å². The van der Waals surface area contributed by atoms with Gasteiger partial charge in [0.15, 0.2) is 0 Å². The lowest BCUT2D eigenvalue weighted by Gasteiger charge is -2.07. The highest BCUT2D eigenvalue weighted by molar-refractivity contribution is 5.95. The van der Waals surface area contributed by atoms with Crippen LogP contribution in [0.2, 0.25) is 0 Å². The number of hydrogen-bond donors (Lipinski definition) is 1. The van der Waals surface area contributed by atoms with E-state index in [9.17, 15) is 9.90 Å². The van der Waals surface area contributed by atoms with E-state index in [-0.39, 0.29) is 12.2 Å². The van der Waals surface area contributed by atoms with Crippen molar-refractivity contribution in [3.8, 4) is 11.8 Å². The van der Waals surface area contributed by atoms with Gasteiger partial charge in [-0.05, 0) is 18.4 Å². The number of carbonyl (C=O) groups excluding carboxylic acids is 1. The fraction of sp³-hybridized carbons (Fsp3) is 0.250. The maximum atomic E-state index is 11.1. The van der Waals surface area contributed by atoms with Crippen LogP contribution in [0.5, 0.6) is 0 Å².